The quantitative estimate of drug-likeness (QED) is 0.653. The molecule has 156 valence electrons. The van der Waals surface area contributed by atoms with Crippen molar-refractivity contribution >= 4 is 35.3 Å². The Hall–Kier alpha value is -3.19. The third kappa shape index (κ3) is 4.21. The SMILES string of the molecule is CC(C)C(=O)C(CN1C(=O)c2ccccc2C1=O)[C@@H](NC(=O)O)c1ccc(Cl)cc1. The molecular formula is C22H21ClN2O5. The molecule has 0 radical (unpaired) electrons. The molecule has 30 heavy (non-hydrogen) atoms. The number of amides is 3. The third-order valence-electron chi connectivity index (χ3n) is 5.10. The maximum Gasteiger partial charge on any atom is 0.405 e. The number of hydrogen-bond donors (Lipinski definition) is 2. The zero-order valence-corrected chi connectivity index (χ0v) is 17.2. The topological polar surface area (TPSA) is 104 Å². The summed E-state index contributed by atoms with van der Waals surface area (Å²) in [5, 5.41) is 12.2. The standard InChI is InChI=1S/C22H21ClN2O5/c1-12(2)19(26)17(18(24-22(29)30)13-7-9-14(23)10-8-13)11-25-20(27)15-5-3-4-6-16(15)21(25)28/h3-10,12,17-18,24H,11H2,1-2H3,(H,29,30)/t17?,18-/m0/s1. The number of imide groups is 1. The van der Waals surface area contributed by atoms with Crippen molar-refractivity contribution in [2.75, 3.05) is 6.54 Å². The van der Waals surface area contributed by atoms with Gasteiger partial charge in [0.25, 0.3) is 11.8 Å². The van der Waals surface area contributed by atoms with Crippen LogP contribution < -0.4 is 5.32 Å². The zero-order chi connectivity index (χ0) is 22.0. The van der Waals surface area contributed by atoms with Gasteiger partial charge in [0.05, 0.1) is 23.1 Å². The first-order chi connectivity index (χ1) is 14.2. The number of carbonyl (C=O) groups excluding carboxylic acids is 3. The molecule has 3 amide bonds. The smallest absolute Gasteiger partial charge is 0.405 e. The summed E-state index contributed by atoms with van der Waals surface area (Å²) in [7, 11) is 0. The summed E-state index contributed by atoms with van der Waals surface area (Å²) in [5.74, 6) is -2.66. The molecule has 0 saturated heterocycles. The number of carbonyl (C=O) groups is 4. The molecule has 0 bridgehead atoms. The van der Waals surface area contributed by atoms with E-state index in [0.29, 0.717) is 10.6 Å². The first-order valence-electron chi connectivity index (χ1n) is 9.44. The number of rotatable bonds is 7. The van der Waals surface area contributed by atoms with Gasteiger partial charge in [-0.3, -0.25) is 19.3 Å². The molecule has 3 rings (SSSR count). The highest BCUT2D eigenvalue weighted by molar-refractivity contribution is 6.30. The number of hydrogen-bond acceptors (Lipinski definition) is 4. The Morgan fingerprint density at radius 2 is 1.53 bits per heavy atom. The van der Waals surface area contributed by atoms with Crippen LogP contribution in [0.3, 0.4) is 0 Å². The summed E-state index contributed by atoms with van der Waals surface area (Å²) in [6.07, 6.45) is -1.32. The van der Waals surface area contributed by atoms with Crippen LogP contribution in [0.5, 0.6) is 0 Å². The van der Waals surface area contributed by atoms with Gasteiger partial charge in [-0.2, -0.15) is 0 Å². The summed E-state index contributed by atoms with van der Waals surface area (Å²) in [6, 6.07) is 11.9. The van der Waals surface area contributed by atoms with E-state index >= 15 is 0 Å². The minimum atomic E-state index is -1.32. The Morgan fingerprint density at radius 3 is 2.00 bits per heavy atom. The van der Waals surface area contributed by atoms with Crippen molar-refractivity contribution in [1.29, 1.82) is 0 Å². The van der Waals surface area contributed by atoms with E-state index in [-0.39, 0.29) is 23.5 Å². The van der Waals surface area contributed by atoms with Crippen LogP contribution in [0.1, 0.15) is 46.2 Å². The first-order valence-corrected chi connectivity index (χ1v) is 9.82. The molecule has 0 fully saturated rings. The van der Waals surface area contributed by atoms with E-state index < -0.39 is 35.8 Å². The maximum atomic E-state index is 13.1. The predicted molar refractivity (Wildman–Crippen MR) is 110 cm³/mol. The molecular weight excluding hydrogens is 408 g/mol. The van der Waals surface area contributed by atoms with Gasteiger partial charge in [-0.05, 0) is 29.8 Å². The Morgan fingerprint density at radius 1 is 1.00 bits per heavy atom. The van der Waals surface area contributed by atoms with Crippen LogP contribution in [0, 0.1) is 11.8 Å². The summed E-state index contributed by atoms with van der Waals surface area (Å²) in [5.41, 5.74) is 1.05. The fraction of sp³-hybridized carbons (Fsp3) is 0.273. The van der Waals surface area contributed by atoms with Gasteiger partial charge >= 0.3 is 6.09 Å². The highest BCUT2D eigenvalue weighted by atomic mass is 35.5. The molecule has 2 aromatic carbocycles. The lowest BCUT2D eigenvalue weighted by Gasteiger charge is -2.30. The highest BCUT2D eigenvalue weighted by Gasteiger charge is 2.41. The van der Waals surface area contributed by atoms with Crippen LogP contribution in [0.25, 0.3) is 0 Å². The molecule has 0 aliphatic carbocycles. The second-order valence-electron chi connectivity index (χ2n) is 7.41. The number of fused-ring (bicyclic) bond motifs is 1. The van der Waals surface area contributed by atoms with Gasteiger partial charge in [-0.25, -0.2) is 4.79 Å². The van der Waals surface area contributed by atoms with Gasteiger partial charge < -0.3 is 10.4 Å². The van der Waals surface area contributed by atoms with Gasteiger partial charge in [0.1, 0.15) is 5.78 Å². The largest absolute Gasteiger partial charge is 0.465 e. The summed E-state index contributed by atoms with van der Waals surface area (Å²) >= 11 is 5.94. The lowest BCUT2D eigenvalue weighted by molar-refractivity contribution is -0.127. The number of nitrogens with zero attached hydrogens (tertiary/aromatic N) is 1. The maximum absolute atomic E-state index is 13.1. The normalized spacial score (nSPS) is 15.1. The van der Waals surface area contributed by atoms with E-state index in [1.807, 2.05) is 0 Å². The highest BCUT2D eigenvalue weighted by Crippen LogP contribution is 2.31. The van der Waals surface area contributed by atoms with Crippen molar-refractivity contribution in [2.24, 2.45) is 11.8 Å². The van der Waals surface area contributed by atoms with E-state index in [0.717, 1.165) is 4.90 Å². The molecule has 8 heteroatoms. The zero-order valence-electron chi connectivity index (χ0n) is 16.5. The monoisotopic (exact) mass is 428 g/mol. The third-order valence-corrected chi connectivity index (χ3v) is 5.35. The van der Waals surface area contributed by atoms with E-state index in [1.54, 1.807) is 62.4 Å². The van der Waals surface area contributed by atoms with Crippen molar-refractivity contribution in [3.63, 3.8) is 0 Å². The number of carboxylic acid groups (broad SMARTS) is 1. The van der Waals surface area contributed by atoms with Crippen molar-refractivity contribution in [3.8, 4) is 0 Å². The number of halogens is 1. The minimum absolute atomic E-state index is 0.239. The van der Waals surface area contributed by atoms with Crippen molar-refractivity contribution < 1.29 is 24.3 Å². The van der Waals surface area contributed by atoms with E-state index in [9.17, 15) is 24.3 Å². The molecule has 0 aromatic heterocycles. The summed E-state index contributed by atoms with van der Waals surface area (Å²) < 4.78 is 0. The molecule has 1 aliphatic heterocycles. The van der Waals surface area contributed by atoms with Crippen LogP contribution >= 0.6 is 11.6 Å². The number of benzene rings is 2. The van der Waals surface area contributed by atoms with Crippen molar-refractivity contribution in [3.05, 3.63) is 70.2 Å². The van der Waals surface area contributed by atoms with Gasteiger partial charge in [0.15, 0.2) is 0 Å². The average molecular weight is 429 g/mol. The van der Waals surface area contributed by atoms with Crippen LogP contribution in [-0.4, -0.2) is 40.2 Å². The van der Waals surface area contributed by atoms with Crippen LogP contribution in [0.4, 0.5) is 4.79 Å². The van der Waals surface area contributed by atoms with Crippen LogP contribution in [-0.2, 0) is 4.79 Å². The Balaban J connectivity index is 2.00. The first kappa shape index (κ1) is 21.5. The van der Waals surface area contributed by atoms with Crippen molar-refractivity contribution in [1.82, 2.24) is 10.2 Å². The summed E-state index contributed by atoms with van der Waals surface area (Å²) in [4.78, 5) is 51.2. The predicted octanol–water partition coefficient (Wildman–Crippen LogP) is 3.79. The van der Waals surface area contributed by atoms with Gasteiger partial charge in [0, 0.05) is 17.5 Å². The number of Topliss-reactive ketones (excluding diaryl/α,β-unsaturated/α-hetero) is 1. The lowest BCUT2D eigenvalue weighted by atomic mass is 9.84. The molecule has 0 spiro atoms. The Kier molecular flexibility index (Phi) is 6.22. The molecule has 1 unspecified atom stereocenters. The molecule has 1 heterocycles. The van der Waals surface area contributed by atoms with Gasteiger partial charge in [-0.1, -0.05) is 49.7 Å². The fourth-order valence-corrected chi connectivity index (χ4v) is 3.73. The molecule has 2 atom stereocenters. The average Bonchev–Trinajstić information content (AvgIpc) is 2.95. The molecule has 2 aromatic rings. The number of nitrogens with one attached hydrogen (secondary N) is 1. The molecule has 2 N–H and O–H groups in total. The Bertz CT molecular complexity index is 968. The molecule has 7 nitrogen and oxygen atoms in total. The van der Waals surface area contributed by atoms with Gasteiger partial charge in [-0.15, -0.1) is 0 Å². The van der Waals surface area contributed by atoms with Gasteiger partial charge in [0.2, 0.25) is 0 Å². The fourth-order valence-electron chi connectivity index (χ4n) is 3.61. The Labute approximate surface area is 178 Å². The number of ketones is 1. The summed E-state index contributed by atoms with van der Waals surface area (Å²) in [6.45, 7) is 3.14. The second-order valence-corrected chi connectivity index (χ2v) is 7.85. The second kappa shape index (κ2) is 8.67. The van der Waals surface area contributed by atoms with Crippen LogP contribution in [0.2, 0.25) is 5.02 Å². The van der Waals surface area contributed by atoms with Crippen LogP contribution in [0.15, 0.2) is 48.5 Å². The van der Waals surface area contributed by atoms with E-state index in [1.165, 1.54) is 0 Å². The lowest BCUT2D eigenvalue weighted by Crippen LogP contribution is -2.45. The molecule has 0 saturated carbocycles. The van der Waals surface area contributed by atoms with Crippen molar-refractivity contribution in [2.45, 2.75) is 19.9 Å². The molecule has 1 aliphatic rings. The van der Waals surface area contributed by atoms with E-state index in [2.05, 4.69) is 5.32 Å². The minimum Gasteiger partial charge on any atom is -0.465 e. The van der Waals surface area contributed by atoms with E-state index in [4.69, 9.17) is 11.6 Å².